The quantitative estimate of drug-likeness (QED) is 0.483. The molecule has 0 saturated carbocycles. The molecule has 2 aliphatic heterocycles. The molecule has 31 heavy (non-hydrogen) atoms. The summed E-state index contributed by atoms with van der Waals surface area (Å²) in [6, 6.07) is 4.88. The zero-order chi connectivity index (χ0) is 21.7. The van der Waals surface area contributed by atoms with Crippen LogP contribution in [0.1, 0.15) is 30.0 Å². The van der Waals surface area contributed by atoms with Gasteiger partial charge in [-0.25, -0.2) is 19.1 Å². The molecule has 6 nitrogen and oxygen atoms in total. The molecule has 0 fully saturated rings. The minimum Gasteiger partial charge on any atom is -0.329 e. The van der Waals surface area contributed by atoms with Crippen molar-refractivity contribution in [3.05, 3.63) is 81.8 Å². The van der Waals surface area contributed by atoms with Crippen molar-refractivity contribution < 1.29 is 22.5 Å². The fourth-order valence-electron chi connectivity index (χ4n) is 4.31. The first kappa shape index (κ1) is 19.2. The van der Waals surface area contributed by atoms with E-state index in [9.17, 15) is 22.8 Å². The number of H-pyrrole nitrogens is 1. The van der Waals surface area contributed by atoms with E-state index in [1.54, 1.807) is 10.8 Å². The summed E-state index contributed by atoms with van der Waals surface area (Å²) in [4.78, 5) is 30.6. The third kappa shape index (κ3) is 3.31. The maximum atomic E-state index is 14.7. The number of benzene rings is 1. The number of fused-ring (bicyclic) bond motifs is 3. The van der Waals surface area contributed by atoms with Gasteiger partial charge in [0.1, 0.15) is 11.9 Å². The highest BCUT2D eigenvalue weighted by molar-refractivity contribution is 5.94. The first-order chi connectivity index (χ1) is 14.9. The molecule has 0 aliphatic carbocycles. The number of urea groups is 1. The van der Waals surface area contributed by atoms with Crippen molar-refractivity contribution in [3.8, 4) is 11.1 Å². The molecule has 1 unspecified atom stereocenters. The Morgan fingerprint density at radius 3 is 2.77 bits per heavy atom. The van der Waals surface area contributed by atoms with Gasteiger partial charge in [0.15, 0.2) is 11.5 Å². The number of aromatic nitrogens is 2. The van der Waals surface area contributed by atoms with Gasteiger partial charge in [-0.15, -0.1) is 0 Å². The average molecular weight is 425 g/mol. The van der Waals surface area contributed by atoms with E-state index in [-0.39, 0.29) is 28.4 Å². The van der Waals surface area contributed by atoms with Gasteiger partial charge in [-0.3, -0.25) is 4.79 Å². The summed E-state index contributed by atoms with van der Waals surface area (Å²) in [5, 5.41) is 2.46. The molecule has 2 amide bonds. The molecule has 2 aromatic heterocycles. The molecule has 0 saturated heterocycles. The Morgan fingerprint density at radius 1 is 1.16 bits per heavy atom. The predicted molar refractivity (Wildman–Crippen MR) is 107 cm³/mol. The normalized spacial score (nSPS) is 16.9. The number of rotatable bonds is 2. The van der Waals surface area contributed by atoms with Crippen LogP contribution in [0.4, 0.5) is 23.7 Å². The number of pyridine rings is 2. The highest BCUT2D eigenvalue weighted by Gasteiger charge is 2.41. The van der Waals surface area contributed by atoms with Crippen LogP contribution in [0.15, 0.2) is 47.5 Å². The standard InChI is InChI=1S/C22H15F3N4O2/c23-16-8-18(17(24)7-14(16)11-1-4-20(25)26-9-11)28-22(31)29-13-2-3-19(29)15-10-27-21(30)6-12(15)5-13/h1,4,6-10,19H,2-3,5H2,(H-,27,28,30,31)/p+1. The zero-order valence-corrected chi connectivity index (χ0v) is 16.1. The lowest BCUT2D eigenvalue weighted by atomic mass is 9.98. The fraction of sp³-hybridized carbons (Fsp3) is 0.182. The summed E-state index contributed by atoms with van der Waals surface area (Å²) in [6.45, 7) is 0. The molecule has 0 radical (unpaired) electrons. The summed E-state index contributed by atoms with van der Waals surface area (Å²) >= 11 is 0. The van der Waals surface area contributed by atoms with Crippen LogP contribution >= 0.6 is 0 Å². The van der Waals surface area contributed by atoms with E-state index in [2.05, 4.69) is 15.3 Å². The number of hydrogen-bond donors (Lipinski definition) is 2. The van der Waals surface area contributed by atoms with Gasteiger partial charge >= 0.3 is 6.03 Å². The van der Waals surface area contributed by atoms with Crippen LogP contribution in [0.3, 0.4) is 0 Å². The molecule has 1 aromatic carbocycles. The summed E-state index contributed by atoms with van der Waals surface area (Å²) in [6.07, 6.45) is 4.53. The number of nitrogens with zero attached hydrogens (tertiary/aromatic N) is 2. The lowest BCUT2D eigenvalue weighted by Crippen LogP contribution is -2.35. The Balaban J connectivity index is 1.44. The number of anilines is 1. The third-order valence-corrected chi connectivity index (χ3v) is 5.71. The number of aromatic amines is 1. The maximum Gasteiger partial charge on any atom is 0.496 e. The van der Waals surface area contributed by atoms with Gasteiger partial charge in [0, 0.05) is 54.1 Å². The molecule has 2 bridgehead atoms. The topological polar surface area (TPSA) is 77.9 Å². The molecule has 3 aromatic rings. The van der Waals surface area contributed by atoms with Gasteiger partial charge in [-0.1, -0.05) is 0 Å². The second-order valence-corrected chi connectivity index (χ2v) is 7.56. The Hall–Kier alpha value is -3.75. The zero-order valence-electron chi connectivity index (χ0n) is 16.1. The minimum atomic E-state index is -0.826. The van der Waals surface area contributed by atoms with Crippen molar-refractivity contribution in [3.63, 3.8) is 0 Å². The molecule has 2 aliphatic rings. The minimum absolute atomic E-state index is 0.0895. The van der Waals surface area contributed by atoms with Crippen molar-refractivity contribution in [2.75, 3.05) is 5.32 Å². The van der Waals surface area contributed by atoms with Crippen LogP contribution in [0.2, 0.25) is 0 Å². The highest BCUT2D eigenvalue weighted by atomic mass is 19.1. The van der Waals surface area contributed by atoms with Crippen LogP contribution in [-0.2, 0) is 6.42 Å². The Labute approximate surface area is 174 Å². The van der Waals surface area contributed by atoms with Crippen LogP contribution in [-0.4, -0.2) is 26.3 Å². The van der Waals surface area contributed by atoms with Crippen LogP contribution in [0.5, 0.6) is 0 Å². The molecule has 5 rings (SSSR count). The molecule has 1 atom stereocenters. The second-order valence-electron chi connectivity index (χ2n) is 7.56. The van der Waals surface area contributed by atoms with E-state index in [0.29, 0.717) is 19.3 Å². The first-order valence-electron chi connectivity index (χ1n) is 9.68. The first-order valence-corrected chi connectivity index (χ1v) is 9.68. The molecule has 9 heteroatoms. The molecule has 2 N–H and O–H groups in total. The van der Waals surface area contributed by atoms with E-state index >= 15 is 0 Å². The molecule has 4 heterocycles. The van der Waals surface area contributed by atoms with Crippen molar-refractivity contribution in [1.82, 2.24) is 9.97 Å². The van der Waals surface area contributed by atoms with Crippen molar-refractivity contribution >= 4 is 17.4 Å². The average Bonchev–Trinajstić information content (AvgIpc) is 3.06. The van der Waals surface area contributed by atoms with Crippen LogP contribution in [0.25, 0.3) is 11.1 Å². The van der Waals surface area contributed by atoms with Crippen LogP contribution in [0, 0.1) is 17.6 Å². The van der Waals surface area contributed by atoms with E-state index in [4.69, 9.17) is 0 Å². The third-order valence-electron chi connectivity index (χ3n) is 5.71. The fourth-order valence-corrected chi connectivity index (χ4v) is 4.31. The monoisotopic (exact) mass is 425 g/mol. The Morgan fingerprint density at radius 2 is 2.00 bits per heavy atom. The smallest absolute Gasteiger partial charge is 0.329 e. The summed E-state index contributed by atoms with van der Waals surface area (Å²) in [7, 11) is 0. The van der Waals surface area contributed by atoms with Gasteiger partial charge in [0.2, 0.25) is 11.5 Å². The van der Waals surface area contributed by atoms with E-state index in [0.717, 1.165) is 41.2 Å². The summed E-state index contributed by atoms with van der Waals surface area (Å²) in [5.74, 6) is -2.33. The highest BCUT2D eigenvalue weighted by Crippen LogP contribution is 2.36. The van der Waals surface area contributed by atoms with Gasteiger partial charge in [0.25, 0.3) is 0 Å². The molecule has 156 valence electrons. The Kier molecular flexibility index (Phi) is 4.46. The van der Waals surface area contributed by atoms with Gasteiger partial charge in [0.05, 0.1) is 5.71 Å². The lowest BCUT2D eigenvalue weighted by molar-refractivity contribution is -0.468. The van der Waals surface area contributed by atoms with E-state index in [1.807, 2.05) is 0 Å². The number of hydrogen-bond acceptors (Lipinski definition) is 3. The number of amides is 2. The number of carbonyl (C=O) groups excluding carboxylic acids is 1. The largest absolute Gasteiger partial charge is 0.496 e. The Bertz CT molecular complexity index is 1320. The van der Waals surface area contributed by atoms with Crippen molar-refractivity contribution in [2.45, 2.75) is 25.3 Å². The lowest BCUT2D eigenvalue weighted by Gasteiger charge is -2.20. The molecular formula is C22H16F3N4O2+. The predicted octanol–water partition coefficient (Wildman–Crippen LogP) is 3.93. The van der Waals surface area contributed by atoms with E-state index in [1.165, 1.54) is 12.1 Å². The van der Waals surface area contributed by atoms with Crippen LogP contribution < -0.4 is 10.9 Å². The number of halogens is 3. The second kappa shape index (κ2) is 7.19. The van der Waals surface area contributed by atoms with Gasteiger partial charge in [-0.2, -0.15) is 13.8 Å². The molecule has 0 spiro atoms. The van der Waals surface area contributed by atoms with Gasteiger partial charge in [-0.05, 0) is 30.2 Å². The maximum absolute atomic E-state index is 14.7. The summed E-state index contributed by atoms with van der Waals surface area (Å²) < 4.78 is 43.8. The van der Waals surface area contributed by atoms with E-state index < -0.39 is 23.6 Å². The summed E-state index contributed by atoms with van der Waals surface area (Å²) in [5.41, 5.74) is 2.18. The van der Waals surface area contributed by atoms with Crippen molar-refractivity contribution in [1.29, 1.82) is 0 Å². The number of carbonyl (C=O) groups is 1. The van der Waals surface area contributed by atoms with Crippen molar-refractivity contribution in [2.24, 2.45) is 0 Å². The van der Waals surface area contributed by atoms with Gasteiger partial charge < -0.3 is 4.98 Å². The molecular weight excluding hydrogens is 409 g/mol. The SMILES string of the molecule is O=C(Nc1cc(F)c(-c2ccc(F)nc2)cc1F)[N+]1=C2CCC1c1c[nH]c(=O)cc1C2. The number of nitrogens with one attached hydrogen (secondary N) is 2.